The van der Waals surface area contributed by atoms with E-state index in [0.717, 1.165) is 6.07 Å². The van der Waals surface area contributed by atoms with Gasteiger partial charge in [-0.05, 0) is 70.2 Å². The van der Waals surface area contributed by atoms with E-state index in [9.17, 15) is 22.4 Å². The van der Waals surface area contributed by atoms with Crippen LogP contribution in [-0.2, 0) is 14.8 Å². The quantitative estimate of drug-likeness (QED) is 0.560. The number of hydrogen-bond donors (Lipinski definition) is 3. The summed E-state index contributed by atoms with van der Waals surface area (Å²) < 4.78 is 45.9. The lowest BCUT2D eigenvalue weighted by atomic mass is 10.1. The van der Waals surface area contributed by atoms with Crippen LogP contribution in [0.4, 0.5) is 4.39 Å². The van der Waals surface area contributed by atoms with Crippen molar-refractivity contribution < 1.29 is 27.1 Å². The van der Waals surface area contributed by atoms with Gasteiger partial charge in [0, 0.05) is 11.1 Å². The number of nitrogens with one attached hydrogen (secondary N) is 3. The molecule has 11 heteroatoms. The molecule has 0 aromatic heterocycles. The predicted molar refractivity (Wildman–Crippen MR) is 114 cm³/mol. The van der Waals surface area contributed by atoms with E-state index in [1.54, 1.807) is 20.8 Å². The zero-order valence-corrected chi connectivity index (χ0v) is 18.9. The summed E-state index contributed by atoms with van der Waals surface area (Å²) in [6.45, 7) is 6.44. The zero-order chi connectivity index (χ0) is 23.4. The van der Waals surface area contributed by atoms with Crippen molar-refractivity contribution in [3.05, 3.63) is 58.9 Å². The topological polar surface area (TPSA) is 114 Å². The molecule has 0 spiro atoms. The first kappa shape index (κ1) is 24.6. The Balaban J connectivity index is 2.05. The number of sulfonamides is 1. The van der Waals surface area contributed by atoms with E-state index in [4.69, 9.17) is 16.3 Å². The second-order valence-corrected chi connectivity index (χ2v) is 9.72. The molecule has 2 rings (SSSR count). The van der Waals surface area contributed by atoms with Gasteiger partial charge in [0.05, 0.1) is 5.02 Å². The van der Waals surface area contributed by atoms with Crippen molar-refractivity contribution in [1.29, 1.82) is 0 Å². The molecule has 2 aromatic carbocycles. The first-order valence-corrected chi connectivity index (χ1v) is 11.0. The Morgan fingerprint density at radius 3 is 2.26 bits per heavy atom. The van der Waals surface area contributed by atoms with Crippen molar-refractivity contribution >= 4 is 33.4 Å². The third kappa shape index (κ3) is 7.20. The summed E-state index contributed by atoms with van der Waals surface area (Å²) in [5.74, 6) is -1.60. The van der Waals surface area contributed by atoms with Crippen molar-refractivity contribution in [2.45, 2.75) is 44.2 Å². The Morgan fingerprint density at radius 2 is 1.68 bits per heavy atom. The van der Waals surface area contributed by atoms with E-state index in [0.29, 0.717) is 0 Å². The fourth-order valence-electron chi connectivity index (χ4n) is 2.37. The van der Waals surface area contributed by atoms with Gasteiger partial charge in [0.25, 0.3) is 11.8 Å². The summed E-state index contributed by atoms with van der Waals surface area (Å²) in [6.07, 6.45) is -0.997. The van der Waals surface area contributed by atoms with Crippen LogP contribution in [0.25, 0.3) is 0 Å². The number of carbonyl (C=O) groups excluding carboxylic acids is 2. The third-order valence-corrected chi connectivity index (χ3v) is 5.96. The summed E-state index contributed by atoms with van der Waals surface area (Å²) in [6, 6.07) is 8.79. The summed E-state index contributed by atoms with van der Waals surface area (Å²) in [4.78, 5) is 24.2. The molecule has 0 heterocycles. The molecule has 8 nitrogen and oxygen atoms in total. The minimum absolute atomic E-state index is 0.0360. The average Bonchev–Trinajstić information content (AvgIpc) is 2.65. The molecule has 0 bridgehead atoms. The van der Waals surface area contributed by atoms with E-state index < -0.39 is 39.3 Å². The molecule has 31 heavy (non-hydrogen) atoms. The number of hydrazine groups is 1. The Hall–Kier alpha value is -2.69. The van der Waals surface area contributed by atoms with Crippen LogP contribution >= 0.6 is 11.6 Å². The Kier molecular flexibility index (Phi) is 7.63. The molecule has 0 aliphatic rings. The molecule has 0 radical (unpaired) electrons. The van der Waals surface area contributed by atoms with Gasteiger partial charge in [-0.2, -0.15) is 0 Å². The molecule has 0 unspecified atom stereocenters. The fraction of sp³-hybridized carbons (Fsp3) is 0.300. The Morgan fingerprint density at radius 1 is 1.06 bits per heavy atom. The van der Waals surface area contributed by atoms with Gasteiger partial charge in [0.1, 0.15) is 16.5 Å². The highest BCUT2D eigenvalue weighted by Gasteiger charge is 2.25. The average molecular weight is 472 g/mol. The molecule has 0 aliphatic heterocycles. The number of halogens is 2. The predicted octanol–water partition coefficient (Wildman–Crippen LogP) is 2.78. The van der Waals surface area contributed by atoms with Crippen LogP contribution in [0.1, 0.15) is 38.1 Å². The second-order valence-electron chi connectivity index (χ2n) is 7.66. The van der Waals surface area contributed by atoms with Gasteiger partial charge in [-0.15, -0.1) is 0 Å². The van der Waals surface area contributed by atoms with Crippen LogP contribution in [0.15, 0.2) is 47.4 Å². The van der Waals surface area contributed by atoms with Gasteiger partial charge in [0.15, 0.2) is 6.10 Å². The van der Waals surface area contributed by atoms with Crippen LogP contribution in [0.5, 0.6) is 5.75 Å². The van der Waals surface area contributed by atoms with E-state index in [-0.39, 0.29) is 21.2 Å². The van der Waals surface area contributed by atoms with Gasteiger partial charge < -0.3 is 4.74 Å². The van der Waals surface area contributed by atoms with E-state index in [1.807, 2.05) is 0 Å². The van der Waals surface area contributed by atoms with Gasteiger partial charge in [-0.1, -0.05) is 11.6 Å². The third-order valence-electron chi connectivity index (χ3n) is 3.72. The molecule has 1 atom stereocenters. The number of hydrogen-bond acceptors (Lipinski definition) is 5. The number of carbonyl (C=O) groups is 2. The SMILES string of the molecule is C[C@H](Oc1ccc(F)cc1)C(=O)NNC(=O)c1ccc(Cl)c(S(=O)(=O)NC(C)(C)C)c1. The molecule has 168 valence electrons. The molecule has 3 N–H and O–H groups in total. The van der Waals surface area contributed by atoms with Crippen molar-refractivity contribution in [2.75, 3.05) is 0 Å². The Labute approximate surface area is 185 Å². The standard InChI is InChI=1S/C20H23ClFN3O5S/c1-12(30-15-8-6-14(22)7-9-15)18(26)23-24-19(27)13-5-10-16(21)17(11-13)31(28,29)25-20(2,3)4/h5-12,25H,1-4H3,(H,23,26)(H,24,27)/t12-/m0/s1. The van der Waals surface area contributed by atoms with Crippen molar-refractivity contribution in [3.63, 3.8) is 0 Å². The van der Waals surface area contributed by atoms with Crippen molar-refractivity contribution in [2.24, 2.45) is 0 Å². The largest absolute Gasteiger partial charge is 0.481 e. The summed E-state index contributed by atoms with van der Waals surface area (Å²) in [5.41, 5.74) is 3.58. The van der Waals surface area contributed by atoms with E-state index in [2.05, 4.69) is 15.6 Å². The molecule has 0 saturated carbocycles. The van der Waals surface area contributed by atoms with Crippen LogP contribution in [-0.4, -0.2) is 31.9 Å². The molecular formula is C20H23ClFN3O5S. The normalized spacial score (nSPS) is 12.7. The lowest BCUT2D eigenvalue weighted by Crippen LogP contribution is -2.47. The first-order chi connectivity index (χ1) is 14.3. The van der Waals surface area contributed by atoms with Gasteiger partial charge >= 0.3 is 0 Å². The van der Waals surface area contributed by atoms with Crippen molar-refractivity contribution in [3.8, 4) is 5.75 Å². The zero-order valence-electron chi connectivity index (χ0n) is 17.3. The van der Waals surface area contributed by atoms with E-state index in [1.165, 1.54) is 43.3 Å². The van der Waals surface area contributed by atoms with Gasteiger partial charge in [0.2, 0.25) is 10.0 Å². The number of ether oxygens (including phenoxy) is 1. The van der Waals surface area contributed by atoms with Gasteiger partial charge in [-0.3, -0.25) is 20.4 Å². The first-order valence-electron chi connectivity index (χ1n) is 9.14. The highest BCUT2D eigenvalue weighted by Crippen LogP contribution is 2.24. The molecule has 2 amide bonds. The lowest BCUT2D eigenvalue weighted by molar-refractivity contribution is -0.128. The molecule has 2 aromatic rings. The van der Waals surface area contributed by atoms with Crippen LogP contribution in [0.2, 0.25) is 5.02 Å². The van der Waals surface area contributed by atoms with Gasteiger partial charge in [-0.25, -0.2) is 17.5 Å². The van der Waals surface area contributed by atoms with Crippen molar-refractivity contribution in [1.82, 2.24) is 15.6 Å². The summed E-state index contributed by atoms with van der Waals surface area (Å²) in [5, 5.41) is -0.0568. The monoisotopic (exact) mass is 471 g/mol. The minimum atomic E-state index is -3.98. The summed E-state index contributed by atoms with van der Waals surface area (Å²) in [7, 11) is -3.98. The minimum Gasteiger partial charge on any atom is -0.481 e. The van der Waals surface area contributed by atoms with Crippen LogP contribution < -0.4 is 20.3 Å². The van der Waals surface area contributed by atoms with Crippen LogP contribution in [0.3, 0.4) is 0 Å². The van der Waals surface area contributed by atoms with E-state index >= 15 is 0 Å². The molecule has 0 aliphatic carbocycles. The maximum absolute atomic E-state index is 12.9. The second kappa shape index (κ2) is 9.63. The lowest BCUT2D eigenvalue weighted by Gasteiger charge is -2.21. The maximum Gasteiger partial charge on any atom is 0.279 e. The molecule has 0 fully saturated rings. The smallest absolute Gasteiger partial charge is 0.279 e. The number of amides is 2. The number of benzene rings is 2. The number of rotatable bonds is 6. The highest BCUT2D eigenvalue weighted by molar-refractivity contribution is 7.89. The highest BCUT2D eigenvalue weighted by atomic mass is 35.5. The molecule has 0 saturated heterocycles. The maximum atomic E-state index is 12.9. The molecular weight excluding hydrogens is 449 g/mol. The summed E-state index contributed by atoms with van der Waals surface area (Å²) >= 11 is 6.01. The van der Waals surface area contributed by atoms with Crippen LogP contribution in [0, 0.1) is 5.82 Å². The fourth-order valence-corrected chi connectivity index (χ4v) is 4.32. The Bertz CT molecular complexity index is 1070.